The van der Waals surface area contributed by atoms with Crippen molar-refractivity contribution < 1.29 is 14.7 Å². The second-order valence-corrected chi connectivity index (χ2v) is 4.41. The van der Waals surface area contributed by atoms with E-state index in [2.05, 4.69) is 5.32 Å². The minimum atomic E-state index is -0.756. The first-order valence-electron chi connectivity index (χ1n) is 5.69. The van der Waals surface area contributed by atoms with Crippen molar-refractivity contribution in [2.24, 2.45) is 5.92 Å². The number of carboxylic acid groups (broad SMARTS) is 1. The summed E-state index contributed by atoms with van der Waals surface area (Å²) in [6.07, 6.45) is 1.44. The first-order chi connectivity index (χ1) is 8.20. The Labute approximate surface area is 99.6 Å². The quantitative estimate of drug-likeness (QED) is 0.772. The molecule has 90 valence electrons. The largest absolute Gasteiger partial charge is 0.481 e. The third kappa shape index (κ3) is 2.71. The Morgan fingerprint density at radius 1 is 1.41 bits per heavy atom. The van der Waals surface area contributed by atoms with E-state index in [-0.39, 0.29) is 11.8 Å². The summed E-state index contributed by atoms with van der Waals surface area (Å²) in [5.41, 5.74) is 1.67. The third-order valence-corrected chi connectivity index (χ3v) is 3.22. The number of nitrogens with one attached hydrogen (secondary N) is 1. The van der Waals surface area contributed by atoms with Crippen LogP contribution in [0.2, 0.25) is 0 Å². The summed E-state index contributed by atoms with van der Waals surface area (Å²) in [6.45, 7) is 1.30. The van der Waals surface area contributed by atoms with Crippen LogP contribution in [-0.4, -0.2) is 30.5 Å². The molecule has 1 aliphatic heterocycles. The van der Waals surface area contributed by atoms with Crippen LogP contribution in [0.25, 0.3) is 0 Å². The number of hydrogen-bond donors (Lipinski definition) is 2. The summed E-state index contributed by atoms with van der Waals surface area (Å²) in [7, 11) is 0. The first kappa shape index (κ1) is 11.8. The molecular weight excluding hydrogens is 218 g/mol. The van der Waals surface area contributed by atoms with Gasteiger partial charge >= 0.3 is 5.97 Å². The Morgan fingerprint density at radius 3 is 2.94 bits per heavy atom. The van der Waals surface area contributed by atoms with E-state index in [1.54, 1.807) is 6.07 Å². The highest BCUT2D eigenvalue weighted by molar-refractivity contribution is 5.75. The zero-order chi connectivity index (χ0) is 12.3. The van der Waals surface area contributed by atoms with Crippen molar-refractivity contribution in [3.8, 4) is 0 Å². The van der Waals surface area contributed by atoms with Gasteiger partial charge in [-0.15, -0.1) is 0 Å². The van der Waals surface area contributed by atoms with Gasteiger partial charge in [-0.3, -0.25) is 9.59 Å². The van der Waals surface area contributed by atoms with Crippen LogP contribution >= 0.6 is 0 Å². The first-order valence-corrected chi connectivity index (χ1v) is 5.69. The molecule has 2 N–H and O–H groups in total. The highest BCUT2D eigenvalue weighted by Gasteiger charge is 2.27. The van der Waals surface area contributed by atoms with Crippen molar-refractivity contribution in [2.45, 2.75) is 12.3 Å². The van der Waals surface area contributed by atoms with E-state index in [9.17, 15) is 9.59 Å². The zero-order valence-electron chi connectivity index (χ0n) is 9.43. The van der Waals surface area contributed by atoms with Crippen LogP contribution in [0.4, 0.5) is 0 Å². The van der Waals surface area contributed by atoms with E-state index >= 15 is 0 Å². The van der Waals surface area contributed by atoms with Crippen LogP contribution in [0.15, 0.2) is 24.3 Å². The standard InChI is InChI=1S/C13H15NO3/c15-8-9-2-1-3-10(4-9)11-5-12(13(16)17)7-14-6-11/h1-4,8,11-12,14H,5-7H2,(H,16,17). The predicted octanol–water partition coefficient (Wildman–Crippen LogP) is 1.28. The van der Waals surface area contributed by atoms with Gasteiger partial charge in [0.1, 0.15) is 6.29 Å². The average Bonchev–Trinajstić information content (AvgIpc) is 2.39. The molecule has 2 unspecified atom stereocenters. The number of aldehydes is 1. The molecule has 1 heterocycles. The van der Waals surface area contributed by atoms with Crippen molar-refractivity contribution in [1.82, 2.24) is 5.32 Å². The predicted molar refractivity (Wildman–Crippen MR) is 63.2 cm³/mol. The van der Waals surface area contributed by atoms with Gasteiger partial charge in [0.15, 0.2) is 0 Å². The van der Waals surface area contributed by atoms with Gasteiger partial charge in [0.05, 0.1) is 5.92 Å². The van der Waals surface area contributed by atoms with Crippen LogP contribution in [-0.2, 0) is 4.79 Å². The Kier molecular flexibility index (Phi) is 3.54. The molecule has 2 rings (SSSR count). The maximum atomic E-state index is 11.0. The van der Waals surface area contributed by atoms with E-state index in [4.69, 9.17) is 5.11 Å². The van der Waals surface area contributed by atoms with Crippen LogP contribution < -0.4 is 5.32 Å². The number of carboxylic acids is 1. The monoisotopic (exact) mass is 233 g/mol. The molecule has 0 radical (unpaired) electrons. The topological polar surface area (TPSA) is 66.4 Å². The maximum Gasteiger partial charge on any atom is 0.307 e. The fourth-order valence-electron chi connectivity index (χ4n) is 2.27. The maximum absolute atomic E-state index is 11.0. The van der Waals surface area contributed by atoms with E-state index < -0.39 is 5.97 Å². The highest BCUT2D eigenvalue weighted by atomic mass is 16.4. The molecule has 17 heavy (non-hydrogen) atoms. The minimum absolute atomic E-state index is 0.171. The van der Waals surface area contributed by atoms with Crippen molar-refractivity contribution in [1.29, 1.82) is 0 Å². The van der Waals surface area contributed by atoms with Crippen molar-refractivity contribution in [3.05, 3.63) is 35.4 Å². The van der Waals surface area contributed by atoms with Crippen LogP contribution in [0.3, 0.4) is 0 Å². The minimum Gasteiger partial charge on any atom is -0.481 e. The summed E-state index contributed by atoms with van der Waals surface area (Å²) >= 11 is 0. The molecule has 4 heteroatoms. The van der Waals surface area contributed by atoms with Crippen molar-refractivity contribution >= 4 is 12.3 Å². The summed E-state index contributed by atoms with van der Waals surface area (Å²) in [5, 5.41) is 12.1. The lowest BCUT2D eigenvalue weighted by Crippen LogP contribution is -2.38. The fraction of sp³-hybridized carbons (Fsp3) is 0.385. The number of aliphatic carboxylic acids is 1. The molecule has 0 saturated carbocycles. The molecule has 2 atom stereocenters. The lowest BCUT2D eigenvalue weighted by Gasteiger charge is -2.28. The van der Waals surface area contributed by atoms with Gasteiger partial charge in [-0.1, -0.05) is 18.2 Å². The van der Waals surface area contributed by atoms with Crippen LogP contribution in [0, 0.1) is 5.92 Å². The summed E-state index contributed by atoms with van der Waals surface area (Å²) in [4.78, 5) is 21.7. The van der Waals surface area contributed by atoms with E-state index in [0.29, 0.717) is 18.5 Å². The number of benzene rings is 1. The van der Waals surface area contributed by atoms with Crippen molar-refractivity contribution in [2.75, 3.05) is 13.1 Å². The lowest BCUT2D eigenvalue weighted by molar-refractivity contribution is -0.142. The molecular formula is C13H15NO3. The Morgan fingerprint density at radius 2 is 2.24 bits per heavy atom. The number of carbonyl (C=O) groups is 2. The number of rotatable bonds is 3. The van der Waals surface area contributed by atoms with Crippen LogP contribution in [0.1, 0.15) is 28.3 Å². The molecule has 1 saturated heterocycles. The summed E-state index contributed by atoms with van der Waals surface area (Å²) in [5.74, 6) is -0.924. The molecule has 1 aliphatic rings. The fourth-order valence-corrected chi connectivity index (χ4v) is 2.27. The van der Waals surface area contributed by atoms with E-state index in [1.165, 1.54) is 0 Å². The molecule has 0 amide bonds. The smallest absolute Gasteiger partial charge is 0.307 e. The normalized spacial score (nSPS) is 24.2. The lowest BCUT2D eigenvalue weighted by atomic mass is 9.85. The second-order valence-electron chi connectivity index (χ2n) is 4.41. The Hall–Kier alpha value is -1.68. The Bertz CT molecular complexity index is 430. The molecule has 1 aromatic rings. The van der Waals surface area contributed by atoms with Gasteiger partial charge in [-0.05, 0) is 24.0 Å². The molecule has 1 aromatic carbocycles. The number of piperidine rings is 1. The molecule has 4 nitrogen and oxygen atoms in total. The van der Waals surface area contributed by atoms with Gasteiger partial charge in [0.2, 0.25) is 0 Å². The van der Waals surface area contributed by atoms with Crippen molar-refractivity contribution in [3.63, 3.8) is 0 Å². The summed E-state index contributed by atoms with van der Waals surface area (Å²) < 4.78 is 0. The van der Waals surface area contributed by atoms with Gasteiger partial charge in [0, 0.05) is 18.7 Å². The average molecular weight is 233 g/mol. The van der Waals surface area contributed by atoms with E-state index in [1.807, 2.05) is 18.2 Å². The van der Waals surface area contributed by atoms with Gasteiger partial charge in [-0.2, -0.15) is 0 Å². The van der Waals surface area contributed by atoms with E-state index in [0.717, 1.165) is 18.4 Å². The van der Waals surface area contributed by atoms with Gasteiger partial charge in [0.25, 0.3) is 0 Å². The number of carbonyl (C=O) groups excluding carboxylic acids is 1. The molecule has 0 aromatic heterocycles. The molecule has 0 aliphatic carbocycles. The SMILES string of the molecule is O=Cc1cccc(C2CNCC(C(=O)O)C2)c1. The van der Waals surface area contributed by atoms with Crippen LogP contribution in [0.5, 0.6) is 0 Å². The number of hydrogen-bond acceptors (Lipinski definition) is 3. The third-order valence-electron chi connectivity index (χ3n) is 3.22. The van der Waals surface area contributed by atoms with Gasteiger partial charge in [-0.25, -0.2) is 0 Å². The second kappa shape index (κ2) is 5.10. The molecule has 0 bridgehead atoms. The van der Waals surface area contributed by atoms with Gasteiger partial charge < -0.3 is 10.4 Å². The highest BCUT2D eigenvalue weighted by Crippen LogP contribution is 2.26. The molecule has 1 fully saturated rings. The Balaban J connectivity index is 2.15. The zero-order valence-corrected chi connectivity index (χ0v) is 9.43. The summed E-state index contributed by atoms with van der Waals surface area (Å²) in [6, 6.07) is 7.37. The molecule has 0 spiro atoms.